The number of hydrogen-bond donors (Lipinski definition) is 1. The molecule has 1 aromatic rings. The molecule has 15 heavy (non-hydrogen) atoms. The fourth-order valence-corrected chi connectivity index (χ4v) is 2.46. The van der Waals surface area contributed by atoms with E-state index in [-0.39, 0.29) is 6.04 Å². The van der Waals surface area contributed by atoms with E-state index in [4.69, 9.17) is 5.73 Å². The van der Waals surface area contributed by atoms with Gasteiger partial charge in [-0.15, -0.1) is 11.3 Å². The standard InChI is InChI=1S/C11H21N3S/c1-5-6-14(8(2)3)11-13-7-10(15-11)9(4)12/h7-9H,5-6,12H2,1-4H3. The van der Waals surface area contributed by atoms with Crippen LogP contribution >= 0.6 is 11.3 Å². The summed E-state index contributed by atoms with van der Waals surface area (Å²) in [7, 11) is 0. The summed E-state index contributed by atoms with van der Waals surface area (Å²) in [6, 6.07) is 0.587. The van der Waals surface area contributed by atoms with Gasteiger partial charge in [-0.1, -0.05) is 6.92 Å². The molecule has 1 unspecified atom stereocenters. The van der Waals surface area contributed by atoms with Crippen LogP contribution < -0.4 is 10.6 Å². The first-order chi connectivity index (χ1) is 7.06. The Morgan fingerprint density at radius 2 is 2.13 bits per heavy atom. The second-order valence-corrected chi connectivity index (χ2v) is 5.16. The van der Waals surface area contributed by atoms with E-state index in [1.807, 2.05) is 13.1 Å². The molecule has 86 valence electrons. The molecule has 0 radical (unpaired) electrons. The Labute approximate surface area is 96.3 Å². The third kappa shape index (κ3) is 3.18. The topological polar surface area (TPSA) is 42.2 Å². The quantitative estimate of drug-likeness (QED) is 0.841. The summed E-state index contributed by atoms with van der Waals surface area (Å²) >= 11 is 1.71. The van der Waals surface area contributed by atoms with Gasteiger partial charge in [0.15, 0.2) is 5.13 Å². The van der Waals surface area contributed by atoms with Gasteiger partial charge in [-0.2, -0.15) is 0 Å². The highest BCUT2D eigenvalue weighted by atomic mass is 32.1. The Hall–Kier alpha value is -0.610. The van der Waals surface area contributed by atoms with Crippen molar-refractivity contribution in [2.75, 3.05) is 11.4 Å². The predicted molar refractivity (Wildman–Crippen MR) is 67.5 cm³/mol. The van der Waals surface area contributed by atoms with Gasteiger partial charge in [-0.3, -0.25) is 0 Å². The fraction of sp³-hybridized carbons (Fsp3) is 0.727. The van der Waals surface area contributed by atoms with Crippen molar-refractivity contribution in [2.24, 2.45) is 5.73 Å². The predicted octanol–water partition coefficient (Wildman–Crippen LogP) is 2.79. The van der Waals surface area contributed by atoms with Crippen LogP contribution in [0.4, 0.5) is 5.13 Å². The zero-order valence-corrected chi connectivity index (χ0v) is 10.8. The highest BCUT2D eigenvalue weighted by Crippen LogP contribution is 2.27. The Morgan fingerprint density at radius 1 is 1.47 bits per heavy atom. The molecule has 3 nitrogen and oxygen atoms in total. The molecule has 0 aliphatic rings. The molecular formula is C11H21N3S. The van der Waals surface area contributed by atoms with E-state index in [9.17, 15) is 0 Å². The molecule has 0 saturated heterocycles. The van der Waals surface area contributed by atoms with Crippen molar-refractivity contribution < 1.29 is 0 Å². The molecule has 0 saturated carbocycles. The van der Waals surface area contributed by atoms with Crippen LogP contribution in [0.15, 0.2) is 6.20 Å². The minimum absolute atomic E-state index is 0.0897. The smallest absolute Gasteiger partial charge is 0.185 e. The van der Waals surface area contributed by atoms with Crippen molar-refractivity contribution in [3.05, 3.63) is 11.1 Å². The molecule has 0 aliphatic carbocycles. The van der Waals surface area contributed by atoms with Crippen molar-refractivity contribution in [1.82, 2.24) is 4.98 Å². The zero-order chi connectivity index (χ0) is 11.4. The lowest BCUT2D eigenvalue weighted by Gasteiger charge is -2.25. The lowest BCUT2D eigenvalue weighted by atomic mass is 10.3. The van der Waals surface area contributed by atoms with Crippen LogP contribution in [0.5, 0.6) is 0 Å². The number of thiazole rings is 1. The summed E-state index contributed by atoms with van der Waals surface area (Å²) in [6.07, 6.45) is 3.04. The minimum Gasteiger partial charge on any atom is -0.346 e. The first kappa shape index (κ1) is 12.5. The number of anilines is 1. The van der Waals surface area contributed by atoms with Crippen LogP contribution in [0.25, 0.3) is 0 Å². The number of rotatable bonds is 5. The van der Waals surface area contributed by atoms with Crippen molar-refractivity contribution in [3.63, 3.8) is 0 Å². The summed E-state index contributed by atoms with van der Waals surface area (Å²) in [5.41, 5.74) is 5.83. The maximum atomic E-state index is 5.83. The van der Waals surface area contributed by atoms with Gasteiger partial charge in [-0.25, -0.2) is 4.98 Å². The van der Waals surface area contributed by atoms with E-state index >= 15 is 0 Å². The van der Waals surface area contributed by atoms with Gasteiger partial charge in [0.1, 0.15) is 0 Å². The number of nitrogens with two attached hydrogens (primary N) is 1. The molecule has 1 aromatic heterocycles. The minimum atomic E-state index is 0.0897. The Bertz CT molecular complexity index is 294. The van der Waals surface area contributed by atoms with E-state index in [1.54, 1.807) is 11.3 Å². The molecule has 1 heterocycles. The first-order valence-corrected chi connectivity index (χ1v) is 6.35. The molecule has 0 spiro atoms. The summed E-state index contributed by atoms with van der Waals surface area (Å²) in [6.45, 7) is 9.64. The zero-order valence-electron chi connectivity index (χ0n) is 10.0. The van der Waals surface area contributed by atoms with Crippen LogP contribution in [0.3, 0.4) is 0 Å². The molecule has 2 N–H and O–H groups in total. The molecular weight excluding hydrogens is 206 g/mol. The molecule has 1 atom stereocenters. The van der Waals surface area contributed by atoms with E-state index < -0.39 is 0 Å². The fourth-order valence-electron chi connectivity index (χ4n) is 1.44. The van der Waals surface area contributed by atoms with E-state index in [2.05, 4.69) is 30.7 Å². The van der Waals surface area contributed by atoms with E-state index in [0.717, 1.165) is 23.0 Å². The van der Waals surface area contributed by atoms with Gasteiger partial charge >= 0.3 is 0 Å². The second kappa shape index (κ2) is 5.47. The number of aromatic nitrogens is 1. The molecule has 0 aromatic carbocycles. The van der Waals surface area contributed by atoms with Crippen molar-refractivity contribution in [3.8, 4) is 0 Å². The largest absolute Gasteiger partial charge is 0.346 e. The van der Waals surface area contributed by atoms with Crippen LogP contribution in [0, 0.1) is 0 Å². The number of hydrogen-bond acceptors (Lipinski definition) is 4. The van der Waals surface area contributed by atoms with Gasteiger partial charge in [0.05, 0.1) is 0 Å². The van der Waals surface area contributed by atoms with E-state index in [1.165, 1.54) is 0 Å². The van der Waals surface area contributed by atoms with Crippen molar-refractivity contribution in [2.45, 2.75) is 46.2 Å². The van der Waals surface area contributed by atoms with Gasteiger partial charge in [-0.05, 0) is 27.2 Å². The highest BCUT2D eigenvalue weighted by molar-refractivity contribution is 7.15. The first-order valence-electron chi connectivity index (χ1n) is 5.54. The Balaban J connectivity index is 2.81. The average Bonchev–Trinajstić information content (AvgIpc) is 2.62. The van der Waals surface area contributed by atoms with Crippen LogP contribution in [0.1, 0.15) is 45.0 Å². The average molecular weight is 227 g/mol. The van der Waals surface area contributed by atoms with Crippen LogP contribution in [-0.2, 0) is 0 Å². The van der Waals surface area contributed by atoms with Gasteiger partial charge < -0.3 is 10.6 Å². The third-order valence-corrected chi connectivity index (χ3v) is 3.53. The van der Waals surface area contributed by atoms with Gasteiger partial charge in [0.25, 0.3) is 0 Å². The monoisotopic (exact) mass is 227 g/mol. The van der Waals surface area contributed by atoms with Crippen LogP contribution in [-0.4, -0.2) is 17.6 Å². The maximum absolute atomic E-state index is 5.83. The molecule has 4 heteroatoms. The normalized spacial score (nSPS) is 13.2. The molecule has 0 amide bonds. The summed E-state index contributed by atoms with van der Waals surface area (Å²) in [5, 5.41) is 1.10. The van der Waals surface area contributed by atoms with E-state index in [0.29, 0.717) is 6.04 Å². The Kier molecular flexibility index (Phi) is 4.54. The van der Waals surface area contributed by atoms with Crippen molar-refractivity contribution in [1.29, 1.82) is 0 Å². The Morgan fingerprint density at radius 3 is 2.53 bits per heavy atom. The lowest BCUT2D eigenvalue weighted by Crippen LogP contribution is -2.31. The van der Waals surface area contributed by atoms with Crippen molar-refractivity contribution >= 4 is 16.5 Å². The number of nitrogens with zero attached hydrogens (tertiary/aromatic N) is 2. The molecule has 0 fully saturated rings. The SMILES string of the molecule is CCCN(c1ncc(C(C)N)s1)C(C)C. The third-order valence-electron chi connectivity index (χ3n) is 2.29. The van der Waals surface area contributed by atoms with Crippen LogP contribution in [0.2, 0.25) is 0 Å². The van der Waals surface area contributed by atoms with Gasteiger partial charge in [0.2, 0.25) is 0 Å². The highest BCUT2D eigenvalue weighted by Gasteiger charge is 2.14. The summed E-state index contributed by atoms with van der Waals surface area (Å²) in [4.78, 5) is 7.93. The van der Waals surface area contributed by atoms with Gasteiger partial charge in [0, 0.05) is 29.7 Å². The lowest BCUT2D eigenvalue weighted by molar-refractivity contribution is 0.669. The summed E-state index contributed by atoms with van der Waals surface area (Å²) < 4.78 is 0. The second-order valence-electron chi connectivity index (χ2n) is 4.12. The molecule has 0 aliphatic heterocycles. The maximum Gasteiger partial charge on any atom is 0.185 e. The molecule has 0 bridgehead atoms. The molecule has 1 rings (SSSR count). The summed E-state index contributed by atoms with van der Waals surface area (Å²) in [5.74, 6) is 0.